The minimum Gasteiger partial charge on any atom is -0.339 e. The zero-order chi connectivity index (χ0) is 14.5. The van der Waals surface area contributed by atoms with Crippen LogP contribution in [-0.4, -0.2) is 37.0 Å². The maximum Gasteiger partial charge on any atom is 0.256 e. The molecule has 1 amide bonds. The van der Waals surface area contributed by atoms with Crippen molar-refractivity contribution < 1.29 is 9.18 Å². The third-order valence-corrected chi connectivity index (χ3v) is 4.08. The average Bonchev–Trinajstić information content (AvgIpc) is 2.49. The first kappa shape index (κ1) is 15.0. The normalized spacial score (nSPS) is 16.1. The molecule has 4 heteroatoms. The van der Waals surface area contributed by atoms with Gasteiger partial charge >= 0.3 is 0 Å². The van der Waals surface area contributed by atoms with Crippen LogP contribution < -0.4 is 5.32 Å². The highest BCUT2D eigenvalue weighted by atomic mass is 19.1. The van der Waals surface area contributed by atoms with E-state index in [1.165, 1.54) is 6.07 Å². The molecule has 1 aromatic rings. The second-order valence-electron chi connectivity index (χ2n) is 5.24. The van der Waals surface area contributed by atoms with Gasteiger partial charge in [-0.3, -0.25) is 4.79 Å². The third-order valence-electron chi connectivity index (χ3n) is 4.08. The Kier molecular flexibility index (Phi) is 5.12. The van der Waals surface area contributed by atoms with Crippen molar-refractivity contribution in [3.05, 3.63) is 35.1 Å². The number of carbonyl (C=O) groups is 1. The molecule has 0 saturated carbocycles. The molecule has 3 nitrogen and oxygen atoms in total. The molecule has 0 bridgehead atoms. The van der Waals surface area contributed by atoms with Crippen molar-refractivity contribution in [1.29, 1.82) is 0 Å². The lowest BCUT2D eigenvalue weighted by Gasteiger charge is -2.24. The molecule has 0 aromatic heterocycles. The fourth-order valence-corrected chi connectivity index (χ4v) is 2.80. The van der Waals surface area contributed by atoms with Crippen LogP contribution in [0.3, 0.4) is 0 Å². The first-order valence-electron chi connectivity index (χ1n) is 7.46. The van der Waals surface area contributed by atoms with Gasteiger partial charge < -0.3 is 10.2 Å². The van der Waals surface area contributed by atoms with E-state index < -0.39 is 5.82 Å². The van der Waals surface area contributed by atoms with Gasteiger partial charge in [0.05, 0.1) is 5.56 Å². The van der Waals surface area contributed by atoms with Gasteiger partial charge in [-0.1, -0.05) is 6.07 Å². The van der Waals surface area contributed by atoms with Crippen LogP contribution in [0, 0.1) is 5.82 Å². The molecule has 1 fully saturated rings. The Bertz CT molecular complexity index is 466. The van der Waals surface area contributed by atoms with Crippen LogP contribution in [0.5, 0.6) is 0 Å². The Morgan fingerprint density at radius 1 is 1.30 bits per heavy atom. The number of carbonyl (C=O) groups excluding carboxylic acids is 1. The van der Waals surface area contributed by atoms with Gasteiger partial charge in [0.25, 0.3) is 5.91 Å². The maximum absolute atomic E-state index is 14.0. The lowest BCUT2D eigenvalue weighted by atomic mass is 9.89. The van der Waals surface area contributed by atoms with E-state index in [9.17, 15) is 9.18 Å². The van der Waals surface area contributed by atoms with E-state index in [0.717, 1.165) is 31.5 Å². The van der Waals surface area contributed by atoms with Crippen molar-refractivity contribution in [1.82, 2.24) is 10.2 Å². The van der Waals surface area contributed by atoms with Crippen molar-refractivity contribution in [2.24, 2.45) is 0 Å². The summed E-state index contributed by atoms with van der Waals surface area (Å²) in [5.74, 6) is -0.192. The molecule has 1 aliphatic heterocycles. The third kappa shape index (κ3) is 3.18. The highest BCUT2D eigenvalue weighted by Gasteiger charge is 2.21. The van der Waals surface area contributed by atoms with Crippen molar-refractivity contribution in [2.45, 2.75) is 32.6 Å². The van der Waals surface area contributed by atoms with Crippen LogP contribution in [0.4, 0.5) is 4.39 Å². The predicted molar refractivity (Wildman–Crippen MR) is 78.5 cm³/mol. The molecule has 0 aliphatic carbocycles. The summed E-state index contributed by atoms with van der Waals surface area (Å²) in [4.78, 5) is 14.0. The largest absolute Gasteiger partial charge is 0.339 e. The van der Waals surface area contributed by atoms with Gasteiger partial charge in [0.2, 0.25) is 0 Å². The Balaban J connectivity index is 2.26. The fraction of sp³-hybridized carbons (Fsp3) is 0.562. The predicted octanol–water partition coefficient (Wildman–Crippen LogP) is 2.77. The summed E-state index contributed by atoms with van der Waals surface area (Å²) in [5.41, 5.74) is 1.30. The first-order valence-corrected chi connectivity index (χ1v) is 7.46. The van der Waals surface area contributed by atoms with Gasteiger partial charge in [0.1, 0.15) is 5.82 Å². The number of hydrogen-bond donors (Lipinski definition) is 1. The number of piperidine rings is 1. The number of amides is 1. The SMILES string of the molecule is CCN(CC)C(=O)c1cc(C2CCNCC2)ccc1F. The molecule has 1 aromatic carbocycles. The van der Waals surface area contributed by atoms with E-state index in [-0.39, 0.29) is 11.5 Å². The lowest BCUT2D eigenvalue weighted by Crippen LogP contribution is -2.31. The van der Waals surface area contributed by atoms with Gasteiger partial charge in [-0.2, -0.15) is 0 Å². The van der Waals surface area contributed by atoms with Crippen molar-refractivity contribution in [3.8, 4) is 0 Å². The molecule has 20 heavy (non-hydrogen) atoms. The van der Waals surface area contributed by atoms with Crippen LogP contribution in [0.2, 0.25) is 0 Å². The Morgan fingerprint density at radius 2 is 1.95 bits per heavy atom. The molecular formula is C16H23FN2O. The smallest absolute Gasteiger partial charge is 0.256 e. The average molecular weight is 278 g/mol. The maximum atomic E-state index is 14.0. The number of nitrogens with one attached hydrogen (secondary N) is 1. The molecule has 0 spiro atoms. The van der Waals surface area contributed by atoms with Crippen LogP contribution >= 0.6 is 0 Å². The summed E-state index contributed by atoms with van der Waals surface area (Å²) in [6.07, 6.45) is 2.09. The molecule has 1 aliphatic rings. The Hall–Kier alpha value is -1.42. The summed E-state index contributed by atoms with van der Waals surface area (Å²) in [6.45, 7) is 7.01. The Morgan fingerprint density at radius 3 is 2.55 bits per heavy atom. The molecule has 1 saturated heterocycles. The van der Waals surface area contributed by atoms with E-state index in [1.807, 2.05) is 19.9 Å². The highest BCUT2D eigenvalue weighted by molar-refractivity contribution is 5.94. The second-order valence-corrected chi connectivity index (χ2v) is 5.24. The zero-order valence-electron chi connectivity index (χ0n) is 12.3. The number of rotatable bonds is 4. The Labute approximate surface area is 120 Å². The number of benzene rings is 1. The molecule has 0 unspecified atom stereocenters. The number of hydrogen-bond acceptors (Lipinski definition) is 2. The van der Waals surface area contributed by atoms with E-state index in [1.54, 1.807) is 11.0 Å². The van der Waals surface area contributed by atoms with E-state index in [2.05, 4.69) is 5.32 Å². The standard InChI is InChI=1S/C16H23FN2O/c1-3-19(4-2)16(20)14-11-13(5-6-15(14)17)12-7-9-18-10-8-12/h5-6,11-12,18H,3-4,7-10H2,1-2H3. The van der Waals surface area contributed by atoms with Gasteiger partial charge in [0.15, 0.2) is 0 Å². The van der Waals surface area contributed by atoms with Crippen LogP contribution in [0.25, 0.3) is 0 Å². The van der Waals surface area contributed by atoms with Gasteiger partial charge in [-0.25, -0.2) is 4.39 Å². The molecule has 2 rings (SSSR count). The van der Waals surface area contributed by atoms with Crippen molar-refractivity contribution in [2.75, 3.05) is 26.2 Å². The van der Waals surface area contributed by atoms with Crippen LogP contribution in [0.15, 0.2) is 18.2 Å². The lowest BCUT2D eigenvalue weighted by molar-refractivity contribution is 0.0768. The summed E-state index contributed by atoms with van der Waals surface area (Å²) in [5, 5.41) is 3.32. The minimum atomic E-state index is -0.417. The highest BCUT2D eigenvalue weighted by Crippen LogP contribution is 2.27. The molecule has 0 atom stereocenters. The van der Waals surface area contributed by atoms with Crippen molar-refractivity contribution in [3.63, 3.8) is 0 Å². The van der Waals surface area contributed by atoms with Gasteiger partial charge in [0, 0.05) is 13.1 Å². The van der Waals surface area contributed by atoms with Gasteiger partial charge in [-0.15, -0.1) is 0 Å². The zero-order valence-corrected chi connectivity index (χ0v) is 12.3. The molecular weight excluding hydrogens is 255 g/mol. The van der Waals surface area contributed by atoms with E-state index >= 15 is 0 Å². The minimum absolute atomic E-state index is 0.205. The number of halogens is 1. The van der Waals surface area contributed by atoms with E-state index in [4.69, 9.17) is 0 Å². The quantitative estimate of drug-likeness (QED) is 0.918. The summed E-state index contributed by atoms with van der Waals surface area (Å²) >= 11 is 0. The molecule has 110 valence electrons. The molecule has 1 heterocycles. The molecule has 1 N–H and O–H groups in total. The topological polar surface area (TPSA) is 32.3 Å². The summed E-state index contributed by atoms with van der Waals surface area (Å²) in [6, 6.07) is 5.02. The van der Waals surface area contributed by atoms with Gasteiger partial charge in [-0.05, 0) is 63.4 Å². The van der Waals surface area contributed by atoms with Crippen molar-refractivity contribution >= 4 is 5.91 Å². The van der Waals surface area contributed by atoms with E-state index in [0.29, 0.717) is 19.0 Å². The van der Waals surface area contributed by atoms with Crippen LogP contribution in [-0.2, 0) is 0 Å². The molecule has 0 radical (unpaired) electrons. The fourth-order valence-electron chi connectivity index (χ4n) is 2.80. The number of nitrogens with zero attached hydrogens (tertiary/aromatic N) is 1. The summed E-state index contributed by atoms with van der Waals surface area (Å²) in [7, 11) is 0. The monoisotopic (exact) mass is 278 g/mol. The summed E-state index contributed by atoms with van der Waals surface area (Å²) < 4.78 is 14.0. The van der Waals surface area contributed by atoms with Crippen LogP contribution in [0.1, 0.15) is 48.5 Å². The second kappa shape index (κ2) is 6.84. The first-order chi connectivity index (χ1) is 9.67.